The Bertz CT molecular complexity index is 86.9. The van der Waals surface area contributed by atoms with E-state index in [1.54, 1.807) is 6.19 Å². The predicted molar refractivity (Wildman–Crippen MR) is 29.9 cm³/mol. The van der Waals surface area contributed by atoms with Gasteiger partial charge in [0.15, 0.2) is 6.19 Å². The first-order chi connectivity index (χ1) is 3.81. The molecule has 0 heterocycles. The van der Waals surface area contributed by atoms with Crippen molar-refractivity contribution in [3.8, 4) is 6.19 Å². The van der Waals surface area contributed by atoms with E-state index >= 15 is 0 Å². The Kier molecular flexibility index (Phi) is 4.00. The van der Waals surface area contributed by atoms with Gasteiger partial charge in [0.25, 0.3) is 0 Å². The van der Waals surface area contributed by atoms with Crippen LogP contribution in [0.5, 0.6) is 0 Å². The molecule has 0 aliphatic carbocycles. The lowest BCUT2D eigenvalue weighted by Crippen LogP contribution is -2.21. The van der Waals surface area contributed by atoms with E-state index in [0.717, 1.165) is 0 Å². The van der Waals surface area contributed by atoms with E-state index in [4.69, 9.17) is 10.4 Å². The summed E-state index contributed by atoms with van der Waals surface area (Å²) in [5.74, 6) is 0. The summed E-state index contributed by atoms with van der Waals surface area (Å²) in [6, 6.07) is 0. The van der Waals surface area contributed by atoms with Crippen molar-refractivity contribution < 1.29 is 5.11 Å². The molecule has 3 nitrogen and oxygen atoms in total. The van der Waals surface area contributed by atoms with Crippen molar-refractivity contribution in [3.05, 3.63) is 0 Å². The predicted octanol–water partition coefficient (Wildman–Crippen LogP) is -0.172. The number of rotatable bonds is 3. The molecule has 0 aromatic heterocycles. The van der Waals surface area contributed by atoms with Crippen LogP contribution in [0.3, 0.4) is 0 Å². The summed E-state index contributed by atoms with van der Waals surface area (Å²) in [5, 5.41) is 19.1. The quantitative estimate of drug-likeness (QED) is 0.395. The topological polar surface area (TPSA) is 56.0 Å². The summed E-state index contributed by atoms with van der Waals surface area (Å²) in [6.45, 7) is 2.23. The number of hydrogen-bond donors (Lipinski definition) is 2. The molecule has 1 atom stereocenters. The standard InChI is InChI=1S/C5H10N2O/c1-2-5(8)3-7-4-6/h5,7-8H,2-3H2,1H3. The zero-order chi connectivity index (χ0) is 6.41. The van der Waals surface area contributed by atoms with Gasteiger partial charge in [-0.25, -0.2) is 0 Å². The van der Waals surface area contributed by atoms with Crippen molar-refractivity contribution in [3.63, 3.8) is 0 Å². The second-order valence-electron chi connectivity index (χ2n) is 1.55. The van der Waals surface area contributed by atoms with Gasteiger partial charge in [0.1, 0.15) is 0 Å². The van der Waals surface area contributed by atoms with Crippen LogP contribution in [0.25, 0.3) is 0 Å². The van der Waals surface area contributed by atoms with Crippen molar-refractivity contribution in [2.75, 3.05) is 6.54 Å². The minimum absolute atomic E-state index is 0.368. The van der Waals surface area contributed by atoms with Crippen LogP contribution in [-0.4, -0.2) is 17.8 Å². The maximum Gasteiger partial charge on any atom is 0.176 e. The molecule has 0 aliphatic heterocycles. The van der Waals surface area contributed by atoms with Crippen LogP contribution in [0, 0.1) is 11.5 Å². The Morgan fingerprint density at radius 2 is 2.50 bits per heavy atom. The fourth-order valence-corrected chi connectivity index (χ4v) is 0.308. The molecule has 0 aromatic rings. The number of nitriles is 1. The molecule has 2 N–H and O–H groups in total. The van der Waals surface area contributed by atoms with Crippen LogP contribution in [0.15, 0.2) is 0 Å². The Morgan fingerprint density at radius 3 is 2.88 bits per heavy atom. The molecular formula is C5H10N2O. The zero-order valence-electron chi connectivity index (χ0n) is 4.89. The van der Waals surface area contributed by atoms with Crippen molar-refractivity contribution in [1.82, 2.24) is 5.32 Å². The summed E-state index contributed by atoms with van der Waals surface area (Å²) < 4.78 is 0. The third-order valence-corrected chi connectivity index (χ3v) is 0.888. The van der Waals surface area contributed by atoms with Crippen molar-refractivity contribution in [1.29, 1.82) is 5.26 Å². The fraction of sp³-hybridized carbons (Fsp3) is 0.800. The molecule has 0 aliphatic rings. The molecule has 0 bridgehead atoms. The number of aliphatic hydroxyl groups excluding tert-OH is 1. The number of aliphatic hydroxyl groups is 1. The summed E-state index contributed by atoms with van der Waals surface area (Å²) in [5.41, 5.74) is 0. The highest BCUT2D eigenvalue weighted by Crippen LogP contribution is 1.84. The maximum absolute atomic E-state index is 8.78. The summed E-state index contributed by atoms with van der Waals surface area (Å²) in [4.78, 5) is 0. The second kappa shape index (κ2) is 4.41. The SMILES string of the molecule is CCC(O)CNC#N. The normalized spacial score (nSPS) is 12.1. The molecule has 0 saturated heterocycles. The van der Waals surface area contributed by atoms with Gasteiger partial charge >= 0.3 is 0 Å². The van der Waals surface area contributed by atoms with E-state index in [1.165, 1.54) is 0 Å². The summed E-state index contributed by atoms with van der Waals surface area (Å²) >= 11 is 0. The maximum atomic E-state index is 8.78. The van der Waals surface area contributed by atoms with Gasteiger partial charge < -0.3 is 10.4 Å². The Morgan fingerprint density at radius 1 is 1.88 bits per heavy atom. The van der Waals surface area contributed by atoms with Gasteiger partial charge in [-0.1, -0.05) is 6.92 Å². The Labute approximate surface area is 48.9 Å². The highest BCUT2D eigenvalue weighted by Gasteiger charge is 1.95. The van der Waals surface area contributed by atoms with Gasteiger partial charge in [0.05, 0.1) is 12.6 Å². The molecule has 1 unspecified atom stereocenters. The van der Waals surface area contributed by atoms with E-state index in [9.17, 15) is 0 Å². The Hall–Kier alpha value is -0.750. The number of nitrogens with one attached hydrogen (secondary N) is 1. The third kappa shape index (κ3) is 3.44. The van der Waals surface area contributed by atoms with Gasteiger partial charge in [-0.3, -0.25) is 0 Å². The molecule has 46 valence electrons. The van der Waals surface area contributed by atoms with Gasteiger partial charge in [-0.15, -0.1) is 0 Å². The molecule has 0 aromatic carbocycles. The fourth-order valence-electron chi connectivity index (χ4n) is 0.308. The smallest absolute Gasteiger partial charge is 0.176 e. The molecule has 0 radical (unpaired) electrons. The molecule has 0 saturated carbocycles. The summed E-state index contributed by atoms with van der Waals surface area (Å²) in [7, 11) is 0. The first-order valence-electron chi connectivity index (χ1n) is 2.61. The molecule has 0 rings (SSSR count). The molecule has 0 amide bonds. The molecule has 0 fully saturated rings. The third-order valence-electron chi connectivity index (χ3n) is 0.888. The van der Waals surface area contributed by atoms with Gasteiger partial charge in [-0.05, 0) is 6.42 Å². The molecule has 0 spiro atoms. The van der Waals surface area contributed by atoms with Crippen LogP contribution >= 0.6 is 0 Å². The van der Waals surface area contributed by atoms with E-state index in [0.29, 0.717) is 13.0 Å². The van der Waals surface area contributed by atoms with Gasteiger partial charge in [0, 0.05) is 0 Å². The lowest BCUT2D eigenvalue weighted by molar-refractivity contribution is 0.172. The number of hydrogen-bond acceptors (Lipinski definition) is 3. The van der Waals surface area contributed by atoms with E-state index in [2.05, 4.69) is 5.32 Å². The highest BCUT2D eigenvalue weighted by atomic mass is 16.3. The monoisotopic (exact) mass is 114 g/mol. The minimum Gasteiger partial charge on any atom is -0.391 e. The minimum atomic E-state index is -0.380. The van der Waals surface area contributed by atoms with E-state index in [1.807, 2.05) is 6.92 Å². The molecule has 3 heteroatoms. The van der Waals surface area contributed by atoms with Gasteiger partial charge in [0.2, 0.25) is 0 Å². The highest BCUT2D eigenvalue weighted by molar-refractivity contribution is 4.67. The second-order valence-corrected chi connectivity index (χ2v) is 1.55. The van der Waals surface area contributed by atoms with Crippen molar-refractivity contribution >= 4 is 0 Å². The van der Waals surface area contributed by atoms with Crippen LogP contribution in [0.1, 0.15) is 13.3 Å². The lowest BCUT2D eigenvalue weighted by atomic mass is 10.3. The number of nitrogens with zero attached hydrogens (tertiary/aromatic N) is 1. The van der Waals surface area contributed by atoms with Crippen LogP contribution in [-0.2, 0) is 0 Å². The summed E-state index contributed by atoms with van der Waals surface area (Å²) in [6.07, 6.45) is 2.03. The van der Waals surface area contributed by atoms with Crippen molar-refractivity contribution in [2.45, 2.75) is 19.4 Å². The van der Waals surface area contributed by atoms with Crippen molar-refractivity contribution in [2.24, 2.45) is 0 Å². The average molecular weight is 114 g/mol. The van der Waals surface area contributed by atoms with E-state index in [-0.39, 0.29) is 6.10 Å². The lowest BCUT2D eigenvalue weighted by Gasteiger charge is -2.02. The molecule has 8 heavy (non-hydrogen) atoms. The first-order valence-corrected chi connectivity index (χ1v) is 2.61. The largest absolute Gasteiger partial charge is 0.391 e. The average Bonchev–Trinajstić information content (AvgIpc) is 1.83. The zero-order valence-corrected chi connectivity index (χ0v) is 4.89. The van der Waals surface area contributed by atoms with Crippen LogP contribution < -0.4 is 5.32 Å². The van der Waals surface area contributed by atoms with Crippen LogP contribution in [0.4, 0.5) is 0 Å². The van der Waals surface area contributed by atoms with Crippen LogP contribution in [0.2, 0.25) is 0 Å². The molecular weight excluding hydrogens is 104 g/mol. The first kappa shape index (κ1) is 7.25. The van der Waals surface area contributed by atoms with Gasteiger partial charge in [-0.2, -0.15) is 5.26 Å². The van der Waals surface area contributed by atoms with E-state index < -0.39 is 0 Å². The Balaban J connectivity index is 3.01.